The second kappa shape index (κ2) is 6.52. The summed E-state index contributed by atoms with van der Waals surface area (Å²) < 4.78 is 0. The molecule has 3 rings (SSSR count). The van der Waals surface area contributed by atoms with Gasteiger partial charge < -0.3 is 10.4 Å². The van der Waals surface area contributed by atoms with Gasteiger partial charge in [-0.15, -0.1) is 11.3 Å². The lowest BCUT2D eigenvalue weighted by molar-refractivity contribution is -0.129. The van der Waals surface area contributed by atoms with Crippen LogP contribution in [-0.4, -0.2) is 35.0 Å². The van der Waals surface area contributed by atoms with Gasteiger partial charge in [0.2, 0.25) is 5.91 Å². The van der Waals surface area contributed by atoms with E-state index in [-0.39, 0.29) is 11.9 Å². The Morgan fingerprint density at radius 1 is 1.39 bits per heavy atom. The second-order valence-electron chi connectivity index (χ2n) is 5.65. The van der Waals surface area contributed by atoms with Crippen molar-refractivity contribution in [3.05, 3.63) is 57.3 Å². The highest BCUT2D eigenvalue weighted by Gasteiger charge is 2.31. The minimum absolute atomic E-state index is 0.00290. The van der Waals surface area contributed by atoms with Crippen LogP contribution in [0.15, 0.2) is 36.4 Å². The lowest BCUT2D eigenvalue weighted by Crippen LogP contribution is -2.49. The normalized spacial score (nSPS) is 18.7. The van der Waals surface area contributed by atoms with Crippen molar-refractivity contribution in [2.75, 3.05) is 13.1 Å². The summed E-state index contributed by atoms with van der Waals surface area (Å²) >= 11 is 1.26. The molecule has 1 aliphatic rings. The van der Waals surface area contributed by atoms with E-state index in [2.05, 4.69) is 10.2 Å². The molecule has 6 heteroatoms. The van der Waals surface area contributed by atoms with Crippen molar-refractivity contribution < 1.29 is 14.7 Å². The molecule has 2 heterocycles. The van der Waals surface area contributed by atoms with E-state index in [1.54, 1.807) is 6.07 Å². The number of nitrogens with one attached hydrogen (secondary N) is 1. The zero-order valence-electron chi connectivity index (χ0n) is 12.8. The molecule has 0 aliphatic carbocycles. The van der Waals surface area contributed by atoms with Gasteiger partial charge in [-0.1, -0.05) is 29.8 Å². The summed E-state index contributed by atoms with van der Waals surface area (Å²) in [6, 6.07) is 11.1. The number of carboxylic acid groups (broad SMARTS) is 1. The quantitative estimate of drug-likeness (QED) is 0.903. The SMILES string of the molecule is Cc1cccc(C2C(=O)NCCN2Cc2ccc(C(=O)O)s2)c1. The van der Waals surface area contributed by atoms with Gasteiger partial charge in [-0.2, -0.15) is 0 Å². The molecule has 1 aromatic carbocycles. The van der Waals surface area contributed by atoms with E-state index < -0.39 is 5.97 Å². The van der Waals surface area contributed by atoms with Gasteiger partial charge in [0.25, 0.3) is 0 Å². The van der Waals surface area contributed by atoms with E-state index in [1.165, 1.54) is 11.3 Å². The average Bonchev–Trinajstić information content (AvgIpc) is 2.96. The first kappa shape index (κ1) is 15.7. The highest BCUT2D eigenvalue weighted by Crippen LogP contribution is 2.28. The van der Waals surface area contributed by atoms with Gasteiger partial charge in [0.15, 0.2) is 0 Å². The predicted octanol–water partition coefficient (Wildman–Crippen LogP) is 2.43. The van der Waals surface area contributed by atoms with Gasteiger partial charge in [-0.25, -0.2) is 4.79 Å². The van der Waals surface area contributed by atoms with E-state index in [0.717, 1.165) is 22.5 Å². The van der Waals surface area contributed by atoms with Crippen LogP contribution in [0.5, 0.6) is 0 Å². The van der Waals surface area contributed by atoms with Crippen molar-refractivity contribution in [3.63, 3.8) is 0 Å². The number of benzene rings is 1. The van der Waals surface area contributed by atoms with Crippen LogP contribution in [0.1, 0.15) is 31.7 Å². The first-order chi connectivity index (χ1) is 11.0. The van der Waals surface area contributed by atoms with E-state index in [1.807, 2.05) is 37.3 Å². The number of hydrogen-bond acceptors (Lipinski definition) is 4. The molecule has 1 unspecified atom stereocenters. The maximum atomic E-state index is 12.4. The number of nitrogens with zero attached hydrogens (tertiary/aromatic N) is 1. The Morgan fingerprint density at radius 3 is 2.91 bits per heavy atom. The lowest BCUT2D eigenvalue weighted by Gasteiger charge is -2.35. The van der Waals surface area contributed by atoms with Crippen molar-refractivity contribution in [1.29, 1.82) is 0 Å². The standard InChI is InChI=1S/C17H18N2O3S/c1-11-3-2-4-12(9-11)15-16(20)18-7-8-19(15)10-13-5-6-14(23-13)17(21)22/h2-6,9,15H,7-8,10H2,1H3,(H,18,20)(H,21,22). The number of piperazine rings is 1. The summed E-state index contributed by atoms with van der Waals surface area (Å²) in [6.07, 6.45) is 0. The number of rotatable bonds is 4. The Morgan fingerprint density at radius 2 is 2.22 bits per heavy atom. The molecule has 0 bridgehead atoms. The first-order valence-corrected chi connectivity index (χ1v) is 8.26. The number of carbonyl (C=O) groups is 2. The van der Waals surface area contributed by atoms with Gasteiger partial charge in [0, 0.05) is 24.5 Å². The van der Waals surface area contributed by atoms with Crippen LogP contribution >= 0.6 is 11.3 Å². The van der Waals surface area contributed by atoms with Crippen LogP contribution in [-0.2, 0) is 11.3 Å². The number of amides is 1. The summed E-state index contributed by atoms with van der Waals surface area (Å²) in [5.74, 6) is -0.912. The Labute approximate surface area is 138 Å². The minimum Gasteiger partial charge on any atom is -0.477 e. The monoisotopic (exact) mass is 330 g/mol. The third kappa shape index (κ3) is 3.43. The molecule has 5 nitrogen and oxygen atoms in total. The number of thiophene rings is 1. The van der Waals surface area contributed by atoms with Crippen LogP contribution < -0.4 is 5.32 Å². The van der Waals surface area contributed by atoms with Crippen molar-refractivity contribution in [2.24, 2.45) is 0 Å². The summed E-state index contributed by atoms with van der Waals surface area (Å²) in [5, 5.41) is 12.0. The minimum atomic E-state index is -0.909. The third-order valence-electron chi connectivity index (χ3n) is 3.90. The smallest absolute Gasteiger partial charge is 0.345 e. The Bertz CT molecular complexity index is 741. The fourth-order valence-electron chi connectivity index (χ4n) is 2.87. The molecule has 23 heavy (non-hydrogen) atoms. The Kier molecular flexibility index (Phi) is 4.45. The fourth-order valence-corrected chi connectivity index (χ4v) is 3.74. The van der Waals surface area contributed by atoms with Crippen LogP contribution in [0.4, 0.5) is 0 Å². The van der Waals surface area contributed by atoms with Gasteiger partial charge >= 0.3 is 5.97 Å². The molecular formula is C17H18N2O3S. The van der Waals surface area contributed by atoms with Crippen molar-refractivity contribution in [1.82, 2.24) is 10.2 Å². The second-order valence-corrected chi connectivity index (χ2v) is 6.82. The summed E-state index contributed by atoms with van der Waals surface area (Å²) in [7, 11) is 0. The van der Waals surface area contributed by atoms with Crippen LogP contribution in [0.3, 0.4) is 0 Å². The molecule has 2 aromatic rings. The van der Waals surface area contributed by atoms with Crippen LogP contribution in [0.2, 0.25) is 0 Å². The van der Waals surface area contributed by atoms with E-state index in [4.69, 9.17) is 5.11 Å². The van der Waals surface area contributed by atoms with Gasteiger partial charge in [-0.05, 0) is 24.6 Å². The first-order valence-electron chi connectivity index (χ1n) is 7.45. The summed E-state index contributed by atoms with van der Waals surface area (Å²) in [4.78, 5) is 26.8. The average molecular weight is 330 g/mol. The zero-order valence-corrected chi connectivity index (χ0v) is 13.6. The molecule has 1 fully saturated rings. The van der Waals surface area contributed by atoms with E-state index >= 15 is 0 Å². The number of aromatic carboxylic acids is 1. The van der Waals surface area contributed by atoms with Crippen molar-refractivity contribution in [2.45, 2.75) is 19.5 Å². The molecule has 2 N–H and O–H groups in total. The lowest BCUT2D eigenvalue weighted by atomic mass is 10.0. The predicted molar refractivity (Wildman–Crippen MR) is 88.6 cm³/mol. The Hall–Kier alpha value is -2.18. The topological polar surface area (TPSA) is 69.6 Å². The number of carboxylic acids is 1. The molecule has 1 aromatic heterocycles. The highest BCUT2D eigenvalue weighted by atomic mass is 32.1. The number of carbonyl (C=O) groups excluding carboxylic acids is 1. The molecule has 1 atom stereocenters. The highest BCUT2D eigenvalue weighted by molar-refractivity contribution is 7.13. The fraction of sp³-hybridized carbons (Fsp3) is 0.294. The van der Waals surface area contributed by atoms with Crippen LogP contribution in [0.25, 0.3) is 0 Å². The molecular weight excluding hydrogens is 312 g/mol. The molecule has 1 aliphatic heterocycles. The van der Waals surface area contributed by atoms with E-state index in [9.17, 15) is 9.59 Å². The molecule has 0 saturated carbocycles. The van der Waals surface area contributed by atoms with Crippen molar-refractivity contribution in [3.8, 4) is 0 Å². The zero-order chi connectivity index (χ0) is 16.4. The molecule has 0 spiro atoms. The largest absolute Gasteiger partial charge is 0.477 e. The summed E-state index contributed by atoms with van der Waals surface area (Å²) in [5.41, 5.74) is 2.09. The van der Waals surface area contributed by atoms with Gasteiger partial charge in [0.05, 0.1) is 0 Å². The maximum absolute atomic E-state index is 12.4. The molecule has 1 saturated heterocycles. The number of hydrogen-bond donors (Lipinski definition) is 2. The molecule has 0 radical (unpaired) electrons. The van der Waals surface area contributed by atoms with E-state index in [0.29, 0.717) is 18.0 Å². The third-order valence-corrected chi connectivity index (χ3v) is 4.96. The molecule has 1 amide bonds. The van der Waals surface area contributed by atoms with Gasteiger partial charge in [-0.3, -0.25) is 9.69 Å². The number of aryl methyl sites for hydroxylation is 1. The summed E-state index contributed by atoms with van der Waals surface area (Å²) in [6.45, 7) is 3.93. The maximum Gasteiger partial charge on any atom is 0.345 e. The van der Waals surface area contributed by atoms with Crippen molar-refractivity contribution >= 4 is 23.2 Å². The Balaban J connectivity index is 1.85. The molecule has 120 valence electrons. The van der Waals surface area contributed by atoms with Crippen LogP contribution in [0, 0.1) is 6.92 Å². The van der Waals surface area contributed by atoms with Gasteiger partial charge in [0.1, 0.15) is 10.9 Å².